The second-order valence-corrected chi connectivity index (χ2v) is 7.95. The Morgan fingerprint density at radius 3 is 2.67 bits per heavy atom. The number of rotatable bonds is 7. The van der Waals surface area contributed by atoms with Crippen LogP contribution in [0.2, 0.25) is 0 Å². The van der Waals surface area contributed by atoms with E-state index in [1.54, 1.807) is 14.2 Å². The van der Waals surface area contributed by atoms with Gasteiger partial charge in [0.1, 0.15) is 5.75 Å². The fourth-order valence-electron chi connectivity index (χ4n) is 3.61. The van der Waals surface area contributed by atoms with Crippen molar-refractivity contribution in [3.8, 4) is 17.2 Å². The van der Waals surface area contributed by atoms with Gasteiger partial charge in [0.05, 0.1) is 37.6 Å². The van der Waals surface area contributed by atoms with E-state index >= 15 is 0 Å². The highest BCUT2D eigenvalue weighted by Gasteiger charge is 2.23. The first-order valence-electron chi connectivity index (χ1n) is 9.88. The Bertz CT molecular complexity index is 1070. The molecule has 0 bridgehead atoms. The molecule has 8 heteroatoms. The summed E-state index contributed by atoms with van der Waals surface area (Å²) >= 11 is 1.42. The Morgan fingerprint density at radius 2 is 1.93 bits per heavy atom. The molecule has 0 saturated heterocycles. The van der Waals surface area contributed by atoms with Gasteiger partial charge in [-0.25, -0.2) is 4.98 Å². The SMILES string of the molecule is CCOc1ccc2nc(SCC(=O)N3CCc4cc(OC)c(OC)cc4C3)[nH]c2c1. The van der Waals surface area contributed by atoms with Gasteiger partial charge in [-0.2, -0.15) is 0 Å². The third-order valence-electron chi connectivity index (χ3n) is 5.15. The van der Waals surface area contributed by atoms with Crippen LogP contribution in [0.5, 0.6) is 17.2 Å². The topological polar surface area (TPSA) is 76.7 Å². The molecule has 2 aromatic carbocycles. The first kappa shape index (κ1) is 20.4. The number of aromatic nitrogens is 2. The number of imidazole rings is 1. The van der Waals surface area contributed by atoms with Crippen LogP contribution in [-0.2, 0) is 17.8 Å². The zero-order valence-electron chi connectivity index (χ0n) is 17.4. The summed E-state index contributed by atoms with van der Waals surface area (Å²) in [6, 6.07) is 9.74. The Balaban J connectivity index is 1.41. The van der Waals surface area contributed by atoms with E-state index in [1.165, 1.54) is 17.3 Å². The zero-order valence-corrected chi connectivity index (χ0v) is 18.2. The molecule has 0 saturated carbocycles. The number of amides is 1. The summed E-state index contributed by atoms with van der Waals surface area (Å²) in [5.74, 6) is 2.65. The minimum Gasteiger partial charge on any atom is -0.494 e. The number of nitrogens with one attached hydrogen (secondary N) is 1. The number of hydrogen-bond acceptors (Lipinski definition) is 6. The fraction of sp³-hybridized carbons (Fsp3) is 0.364. The number of hydrogen-bond donors (Lipinski definition) is 1. The quantitative estimate of drug-likeness (QED) is 0.580. The number of carbonyl (C=O) groups is 1. The van der Waals surface area contributed by atoms with Crippen LogP contribution in [0.1, 0.15) is 18.1 Å². The molecule has 1 aromatic heterocycles. The molecule has 1 amide bonds. The minimum absolute atomic E-state index is 0.0934. The van der Waals surface area contributed by atoms with Crippen molar-refractivity contribution in [3.63, 3.8) is 0 Å². The van der Waals surface area contributed by atoms with Crippen LogP contribution in [0.4, 0.5) is 0 Å². The second kappa shape index (κ2) is 8.87. The number of thioether (sulfide) groups is 1. The molecule has 0 fully saturated rings. The number of methoxy groups -OCH3 is 2. The molecule has 4 rings (SSSR count). The lowest BCUT2D eigenvalue weighted by Crippen LogP contribution is -2.37. The van der Waals surface area contributed by atoms with Crippen molar-refractivity contribution in [2.24, 2.45) is 0 Å². The predicted octanol–water partition coefficient (Wildman–Crippen LogP) is 3.66. The van der Waals surface area contributed by atoms with E-state index in [0.717, 1.165) is 39.7 Å². The van der Waals surface area contributed by atoms with Gasteiger partial charge in [0.2, 0.25) is 5.91 Å². The number of aromatic amines is 1. The summed E-state index contributed by atoms with van der Waals surface area (Å²) in [4.78, 5) is 22.5. The lowest BCUT2D eigenvalue weighted by atomic mass is 9.99. The van der Waals surface area contributed by atoms with Crippen molar-refractivity contribution < 1.29 is 19.0 Å². The number of fused-ring (bicyclic) bond motifs is 2. The maximum Gasteiger partial charge on any atom is 0.233 e. The molecule has 7 nitrogen and oxygen atoms in total. The lowest BCUT2D eigenvalue weighted by Gasteiger charge is -2.29. The van der Waals surface area contributed by atoms with Gasteiger partial charge in [0.25, 0.3) is 0 Å². The standard InChI is InChI=1S/C22H25N3O4S/c1-4-29-16-5-6-17-18(11-16)24-22(23-17)30-13-21(26)25-8-7-14-9-19(27-2)20(28-3)10-15(14)12-25/h5-6,9-11H,4,7-8,12-13H2,1-3H3,(H,23,24). The van der Waals surface area contributed by atoms with Gasteiger partial charge < -0.3 is 24.1 Å². The molecule has 3 aromatic rings. The van der Waals surface area contributed by atoms with Crippen LogP contribution in [0.3, 0.4) is 0 Å². The first-order valence-corrected chi connectivity index (χ1v) is 10.9. The summed E-state index contributed by atoms with van der Waals surface area (Å²) in [5, 5.41) is 0.732. The van der Waals surface area contributed by atoms with Crippen molar-refractivity contribution in [3.05, 3.63) is 41.5 Å². The molecular formula is C22H25N3O4S. The van der Waals surface area contributed by atoms with Crippen LogP contribution < -0.4 is 14.2 Å². The molecule has 0 radical (unpaired) electrons. The number of H-pyrrole nitrogens is 1. The molecule has 2 heterocycles. The van der Waals surface area contributed by atoms with Crippen molar-refractivity contribution >= 4 is 28.7 Å². The number of benzene rings is 2. The summed E-state index contributed by atoms with van der Waals surface area (Å²) in [5.41, 5.74) is 4.07. The van der Waals surface area contributed by atoms with Crippen LogP contribution in [0, 0.1) is 0 Å². The zero-order chi connectivity index (χ0) is 21.1. The molecular weight excluding hydrogens is 402 g/mol. The van der Waals surface area contributed by atoms with Gasteiger partial charge in [-0.3, -0.25) is 4.79 Å². The van der Waals surface area contributed by atoms with E-state index in [2.05, 4.69) is 9.97 Å². The second-order valence-electron chi connectivity index (χ2n) is 6.98. The molecule has 1 aliphatic heterocycles. The van der Waals surface area contributed by atoms with Crippen LogP contribution in [-0.4, -0.2) is 53.9 Å². The summed E-state index contributed by atoms with van der Waals surface area (Å²) in [7, 11) is 3.26. The van der Waals surface area contributed by atoms with Crippen molar-refractivity contribution in [1.29, 1.82) is 0 Å². The van der Waals surface area contributed by atoms with Crippen molar-refractivity contribution in [2.75, 3.05) is 33.1 Å². The van der Waals surface area contributed by atoms with Crippen LogP contribution >= 0.6 is 11.8 Å². The van der Waals surface area contributed by atoms with Gasteiger partial charge >= 0.3 is 0 Å². The largest absolute Gasteiger partial charge is 0.494 e. The lowest BCUT2D eigenvalue weighted by molar-refractivity contribution is -0.129. The molecule has 0 unspecified atom stereocenters. The Kier molecular flexibility index (Phi) is 6.03. The van der Waals surface area contributed by atoms with Gasteiger partial charge in [0.15, 0.2) is 16.7 Å². The highest BCUT2D eigenvalue weighted by atomic mass is 32.2. The van der Waals surface area contributed by atoms with E-state index in [-0.39, 0.29) is 5.91 Å². The average Bonchev–Trinajstić information content (AvgIpc) is 3.18. The predicted molar refractivity (Wildman–Crippen MR) is 117 cm³/mol. The van der Waals surface area contributed by atoms with Gasteiger partial charge in [0, 0.05) is 19.2 Å². The maximum absolute atomic E-state index is 12.8. The van der Waals surface area contributed by atoms with E-state index in [9.17, 15) is 4.79 Å². The molecule has 1 N–H and O–H groups in total. The molecule has 30 heavy (non-hydrogen) atoms. The monoisotopic (exact) mass is 427 g/mol. The summed E-state index contributed by atoms with van der Waals surface area (Å²) in [6.07, 6.45) is 0.803. The third-order valence-corrected chi connectivity index (χ3v) is 6.00. The highest BCUT2D eigenvalue weighted by Crippen LogP contribution is 2.33. The Hall–Kier alpha value is -2.87. The average molecular weight is 428 g/mol. The number of ether oxygens (including phenoxy) is 3. The normalized spacial score (nSPS) is 13.2. The fourth-order valence-corrected chi connectivity index (χ4v) is 4.40. The Morgan fingerprint density at radius 1 is 1.17 bits per heavy atom. The van der Waals surface area contributed by atoms with Crippen molar-refractivity contribution in [2.45, 2.75) is 25.0 Å². The van der Waals surface area contributed by atoms with Crippen molar-refractivity contribution in [1.82, 2.24) is 14.9 Å². The van der Waals surface area contributed by atoms with Crippen LogP contribution in [0.25, 0.3) is 11.0 Å². The van der Waals surface area contributed by atoms with E-state index in [0.29, 0.717) is 31.2 Å². The smallest absolute Gasteiger partial charge is 0.233 e. The molecule has 0 aliphatic carbocycles. The molecule has 0 atom stereocenters. The highest BCUT2D eigenvalue weighted by molar-refractivity contribution is 7.99. The van der Waals surface area contributed by atoms with Crippen LogP contribution in [0.15, 0.2) is 35.5 Å². The molecule has 0 spiro atoms. The number of carbonyl (C=O) groups excluding carboxylic acids is 1. The summed E-state index contributed by atoms with van der Waals surface area (Å²) < 4.78 is 16.3. The van der Waals surface area contributed by atoms with E-state index in [1.807, 2.05) is 42.2 Å². The van der Waals surface area contributed by atoms with Gasteiger partial charge in [-0.15, -0.1) is 0 Å². The van der Waals surface area contributed by atoms with Gasteiger partial charge in [-0.05, 0) is 48.7 Å². The van der Waals surface area contributed by atoms with E-state index < -0.39 is 0 Å². The number of nitrogens with zero attached hydrogens (tertiary/aromatic N) is 2. The third kappa shape index (κ3) is 4.18. The first-order chi connectivity index (χ1) is 14.6. The molecule has 1 aliphatic rings. The Labute approximate surface area is 179 Å². The minimum atomic E-state index is 0.0934. The maximum atomic E-state index is 12.8. The van der Waals surface area contributed by atoms with E-state index in [4.69, 9.17) is 14.2 Å². The summed E-state index contributed by atoms with van der Waals surface area (Å²) in [6.45, 7) is 3.84. The molecule has 158 valence electrons. The van der Waals surface area contributed by atoms with Gasteiger partial charge in [-0.1, -0.05) is 11.8 Å².